The molecule has 0 aliphatic rings. The molecule has 136 valence electrons. The lowest BCUT2D eigenvalue weighted by Crippen LogP contribution is -2.15. The molecule has 0 aliphatic heterocycles. The summed E-state index contributed by atoms with van der Waals surface area (Å²) in [4.78, 5) is 27.5. The van der Waals surface area contributed by atoms with Crippen molar-refractivity contribution in [2.75, 3.05) is 6.61 Å². The van der Waals surface area contributed by atoms with E-state index in [0.717, 1.165) is 0 Å². The Morgan fingerprint density at radius 3 is 2.81 bits per heavy atom. The molecule has 0 saturated carbocycles. The van der Waals surface area contributed by atoms with Gasteiger partial charge < -0.3 is 9.72 Å². The molecule has 2 heterocycles. The van der Waals surface area contributed by atoms with E-state index in [2.05, 4.69) is 10.1 Å². The van der Waals surface area contributed by atoms with Gasteiger partial charge >= 0.3 is 5.97 Å². The first kappa shape index (κ1) is 18.1. The van der Waals surface area contributed by atoms with Crippen molar-refractivity contribution >= 4 is 23.1 Å². The molecule has 26 heavy (non-hydrogen) atoms. The zero-order chi connectivity index (χ0) is 19.0. The summed E-state index contributed by atoms with van der Waals surface area (Å²) in [6, 6.07) is 4.43. The SMILES string of the molecule is CCOC(=O)c1cn2nc(-c3cccc(Cl)c3F)[nH]c(=O)c2c1C(C)C. The van der Waals surface area contributed by atoms with Crippen LogP contribution in [0.1, 0.15) is 42.6 Å². The molecule has 6 nitrogen and oxygen atoms in total. The molecule has 3 rings (SSSR count). The quantitative estimate of drug-likeness (QED) is 0.702. The molecule has 0 spiro atoms. The number of fused-ring (bicyclic) bond motifs is 1. The van der Waals surface area contributed by atoms with Gasteiger partial charge in [-0.15, -0.1) is 5.10 Å². The predicted molar refractivity (Wildman–Crippen MR) is 96.3 cm³/mol. The van der Waals surface area contributed by atoms with Crippen LogP contribution >= 0.6 is 11.6 Å². The van der Waals surface area contributed by atoms with Crippen LogP contribution in [-0.4, -0.2) is 27.2 Å². The number of hydrogen-bond donors (Lipinski definition) is 1. The summed E-state index contributed by atoms with van der Waals surface area (Å²) in [6.45, 7) is 5.64. The van der Waals surface area contributed by atoms with Gasteiger partial charge in [-0.2, -0.15) is 0 Å². The Labute approximate surface area is 153 Å². The third-order valence-corrected chi connectivity index (χ3v) is 4.25. The molecule has 1 aromatic carbocycles. The van der Waals surface area contributed by atoms with Crippen molar-refractivity contribution in [3.63, 3.8) is 0 Å². The minimum absolute atomic E-state index is 0.0169. The van der Waals surface area contributed by atoms with Gasteiger partial charge in [0.2, 0.25) is 0 Å². The van der Waals surface area contributed by atoms with Crippen molar-refractivity contribution in [3.05, 3.63) is 56.7 Å². The smallest absolute Gasteiger partial charge is 0.340 e. The minimum Gasteiger partial charge on any atom is -0.462 e. The Bertz CT molecular complexity index is 1060. The summed E-state index contributed by atoms with van der Waals surface area (Å²) in [5.41, 5.74) is 0.621. The first-order chi connectivity index (χ1) is 12.3. The first-order valence-corrected chi connectivity index (χ1v) is 8.50. The summed E-state index contributed by atoms with van der Waals surface area (Å²) < 4.78 is 20.6. The van der Waals surface area contributed by atoms with Gasteiger partial charge in [0.05, 0.1) is 22.8 Å². The third-order valence-electron chi connectivity index (χ3n) is 3.96. The number of H-pyrrole nitrogens is 1. The van der Waals surface area contributed by atoms with Crippen molar-refractivity contribution in [1.82, 2.24) is 14.6 Å². The summed E-state index contributed by atoms with van der Waals surface area (Å²) >= 11 is 5.81. The molecule has 0 bridgehead atoms. The monoisotopic (exact) mass is 377 g/mol. The highest BCUT2D eigenvalue weighted by molar-refractivity contribution is 6.31. The molecule has 0 fully saturated rings. The normalized spacial score (nSPS) is 11.3. The lowest BCUT2D eigenvalue weighted by molar-refractivity contribution is 0.0525. The van der Waals surface area contributed by atoms with Gasteiger partial charge in [0.15, 0.2) is 11.6 Å². The van der Waals surface area contributed by atoms with Gasteiger partial charge in [0, 0.05) is 11.8 Å². The highest BCUT2D eigenvalue weighted by Crippen LogP contribution is 2.27. The standard InChI is InChI=1S/C18H17ClFN3O3/c1-4-26-18(25)11-8-23-15(13(11)9(2)3)17(24)21-16(22-23)10-6-5-7-12(19)14(10)20/h5-9H,4H2,1-3H3,(H,21,22,24). The van der Waals surface area contributed by atoms with Crippen LogP contribution in [0.25, 0.3) is 16.9 Å². The number of carbonyl (C=O) groups excluding carboxylic acids is 1. The highest BCUT2D eigenvalue weighted by atomic mass is 35.5. The number of rotatable bonds is 4. The van der Waals surface area contributed by atoms with E-state index in [1.54, 1.807) is 13.0 Å². The maximum atomic E-state index is 14.3. The predicted octanol–water partition coefficient (Wildman–Crippen LogP) is 3.78. The molecule has 3 aromatic rings. The Balaban J connectivity index is 2.29. The molecule has 0 radical (unpaired) electrons. The van der Waals surface area contributed by atoms with E-state index in [1.807, 2.05) is 13.8 Å². The molecule has 0 saturated heterocycles. The lowest BCUT2D eigenvalue weighted by atomic mass is 10.0. The van der Waals surface area contributed by atoms with E-state index >= 15 is 0 Å². The second-order valence-corrected chi connectivity index (χ2v) is 6.44. The van der Waals surface area contributed by atoms with Crippen molar-refractivity contribution in [2.24, 2.45) is 0 Å². The topological polar surface area (TPSA) is 76.5 Å². The zero-order valence-electron chi connectivity index (χ0n) is 14.5. The maximum absolute atomic E-state index is 14.3. The van der Waals surface area contributed by atoms with Gasteiger partial charge in [-0.1, -0.05) is 31.5 Å². The fourth-order valence-corrected chi connectivity index (χ4v) is 3.05. The van der Waals surface area contributed by atoms with Gasteiger partial charge in [-0.05, 0) is 25.0 Å². The summed E-state index contributed by atoms with van der Waals surface area (Å²) in [5.74, 6) is -1.31. The van der Waals surface area contributed by atoms with Crippen LogP contribution in [-0.2, 0) is 4.74 Å². The Kier molecular flexibility index (Phi) is 4.82. The Hall–Kier alpha value is -2.67. The first-order valence-electron chi connectivity index (χ1n) is 8.12. The summed E-state index contributed by atoms with van der Waals surface area (Å²) in [6.07, 6.45) is 1.43. The van der Waals surface area contributed by atoms with Gasteiger partial charge in [-0.3, -0.25) is 4.79 Å². The number of aromatic amines is 1. The third kappa shape index (κ3) is 2.99. The van der Waals surface area contributed by atoms with Crippen LogP contribution in [0.4, 0.5) is 4.39 Å². The average molecular weight is 378 g/mol. The number of nitrogens with zero attached hydrogens (tertiary/aromatic N) is 2. The molecular formula is C18H17ClFN3O3. The number of ether oxygens (including phenoxy) is 1. The van der Waals surface area contributed by atoms with Crippen LogP contribution < -0.4 is 5.56 Å². The second kappa shape index (κ2) is 6.92. The van der Waals surface area contributed by atoms with E-state index in [9.17, 15) is 14.0 Å². The van der Waals surface area contributed by atoms with Crippen molar-refractivity contribution in [3.8, 4) is 11.4 Å². The number of hydrogen-bond acceptors (Lipinski definition) is 4. The van der Waals surface area contributed by atoms with Crippen LogP contribution in [0.5, 0.6) is 0 Å². The molecule has 0 atom stereocenters. The highest BCUT2D eigenvalue weighted by Gasteiger charge is 2.24. The van der Waals surface area contributed by atoms with Gasteiger partial charge in [0.25, 0.3) is 5.56 Å². The molecule has 8 heteroatoms. The minimum atomic E-state index is -0.682. The molecular weight excluding hydrogens is 361 g/mol. The molecule has 1 N–H and O–H groups in total. The Morgan fingerprint density at radius 2 is 2.15 bits per heavy atom. The van der Waals surface area contributed by atoms with Gasteiger partial charge in [-0.25, -0.2) is 13.7 Å². The number of halogens is 2. The number of carbonyl (C=O) groups is 1. The number of aromatic nitrogens is 3. The molecule has 0 amide bonds. The lowest BCUT2D eigenvalue weighted by Gasteiger charge is -2.08. The van der Waals surface area contributed by atoms with E-state index in [-0.39, 0.29) is 40.0 Å². The van der Waals surface area contributed by atoms with Crippen molar-refractivity contribution < 1.29 is 13.9 Å². The summed E-state index contributed by atoms with van der Waals surface area (Å²) in [7, 11) is 0. The summed E-state index contributed by atoms with van der Waals surface area (Å²) in [5, 5.41) is 4.19. The van der Waals surface area contributed by atoms with Crippen molar-refractivity contribution in [1.29, 1.82) is 0 Å². The maximum Gasteiger partial charge on any atom is 0.340 e. The average Bonchev–Trinajstić information content (AvgIpc) is 2.98. The second-order valence-electron chi connectivity index (χ2n) is 6.03. The zero-order valence-corrected chi connectivity index (χ0v) is 15.2. The van der Waals surface area contributed by atoms with E-state index in [0.29, 0.717) is 5.56 Å². The van der Waals surface area contributed by atoms with Crippen LogP contribution in [0.2, 0.25) is 5.02 Å². The largest absolute Gasteiger partial charge is 0.462 e. The van der Waals surface area contributed by atoms with Crippen LogP contribution in [0.15, 0.2) is 29.2 Å². The number of benzene rings is 1. The number of nitrogens with one attached hydrogen (secondary N) is 1. The van der Waals surface area contributed by atoms with E-state index in [1.165, 1.54) is 22.8 Å². The fraction of sp³-hybridized carbons (Fsp3) is 0.278. The molecule has 0 aliphatic carbocycles. The fourth-order valence-electron chi connectivity index (χ4n) is 2.88. The molecule has 0 unspecified atom stereocenters. The Morgan fingerprint density at radius 1 is 1.42 bits per heavy atom. The van der Waals surface area contributed by atoms with Crippen LogP contribution in [0.3, 0.4) is 0 Å². The van der Waals surface area contributed by atoms with Crippen molar-refractivity contribution in [2.45, 2.75) is 26.7 Å². The van der Waals surface area contributed by atoms with Crippen LogP contribution in [0, 0.1) is 5.82 Å². The van der Waals surface area contributed by atoms with E-state index in [4.69, 9.17) is 16.3 Å². The van der Waals surface area contributed by atoms with Gasteiger partial charge in [0.1, 0.15) is 5.52 Å². The molecule has 2 aromatic heterocycles. The van der Waals surface area contributed by atoms with E-state index < -0.39 is 17.3 Å². The number of esters is 1.